The minimum absolute atomic E-state index is 0.106. The van der Waals surface area contributed by atoms with Crippen molar-refractivity contribution < 1.29 is 13.2 Å². The molecular formula is C19H21N3O3S. The normalized spacial score (nSPS) is 12.1. The summed E-state index contributed by atoms with van der Waals surface area (Å²) in [4.78, 5) is 15.2. The number of hydrogen-bond donors (Lipinski definition) is 3. The highest BCUT2D eigenvalue weighted by Crippen LogP contribution is 2.22. The first-order valence-corrected chi connectivity index (χ1v) is 9.65. The summed E-state index contributed by atoms with van der Waals surface area (Å²) in [7, 11) is -3.70. The van der Waals surface area contributed by atoms with Crippen LogP contribution in [0.3, 0.4) is 0 Å². The third-order valence-electron chi connectivity index (χ3n) is 3.91. The van der Waals surface area contributed by atoms with Crippen LogP contribution >= 0.6 is 0 Å². The van der Waals surface area contributed by atoms with Crippen LogP contribution in [0, 0.1) is 5.41 Å². The molecular weight excluding hydrogens is 350 g/mol. The highest BCUT2D eigenvalue weighted by Gasteiger charge is 2.21. The van der Waals surface area contributed by atoms with E-state index in [2.05, 4.69) is 15.0 Å². The molecule has 0 aliphatic heterocycles. The second-order valence-corrected chi connectivity index (χ2v) is 8.80. The lowest BCUT2D eigenvalue weighted by atomic mass is 9.95. The zero-order valence-electron chi connectivity index (χ0n) is 14.8. The molecule has 3 N–H and O–H groups in total. The fraction of sp³-hybridized carbons (Fsp3) is 0.211. The van der Waals surface area contributed by atoms with Crippen molar-refractivity contribution in [2.45, 2.75) is 25.7 Å². The number of sulfonamides is 1. The molecule has 0 saturated heterocycles. The monoisotopic (exact) mass is 371 g/mol. The van der Waals surface area contributed by atoms with E-state index in [1.807, 2.05) is 26.8 Å². The lowest BCUT2D eigenvalue weighted by Crippen LogP contribution is -2.27. The molecule has 2 aromatic carbocycles. The van der Waals surface area contributed by atoms with Crippen LogP contribution in [0.2, 0.25) is 0 Å². The van der Waals surface area contributed by atoms with Gasteiger partial charge in [0.15, 0.2) is 0 Å². The smallest absolute Gasteiger partial charge is 0.261 e. The van der Waals surface area contributed by atoms with Crippen molar-refractivity contribution in [2.75, 3.05) is 10.0 Å². The molecule has 136 valence electrons. The Bertz CT molecular complexity index is 1050. The molecule has 0 spiro atoms. The molecule has 0 unspecified atom stereocenters. The van der Waals surface area contributed by atoms with Crippen LogP contribution < -0.4 is 10.0 Å². The lowest BCUT2D eigenvalue weighted by molar-refractivity contribution is -0.123. The molecule has 6 nitrogen and oxygen atoms in total. The average molecular weight is 371 g/mol. The van der Waals surface area contributed by atoms with Crippen molar-refractivity contribution in [1.82, 2.24) is 4.98 Å². The number of fused-ring (bicyclic) bond motifs is 1. The molecule has 0 saturated carbocycles. The zero-order valence-corrected chi connectivity index (χ0v) is 15.6. The van der Waals surface area contributed by atoms with E-state index < -0.39 is 15.4 Å². The highest BCUT2D eigenvalue weighted by molar-refractivity contribution is 7.92. The molecule has 7 heteroatoms. The lowest BCUT2D eigenvalue weighted by Gasteiger charge is -2.17. The number of carbonyl (C=O) groups excluding carboxylic acids is 1. The molecule has 0 fully saturated rings. The van der Waals surface area contributed by atoms with Crippen LogP contribution in [-0.4, -0.2) is 19.3 Å². The van der Waals surface area contributed by atoms with E-state index in [0.717, 1.165) is 10.9 Å². The minimum atomic E-state index is -3.70. The number of hydrogen-bond acceptors (Lipinski definition) is 3. The summed E-state index contributed by atoms with van der Waals surface area (Å²) in [6.07, 6.45) is 1.76. The summed E-state index contributed by atoms with van der Waals surface area (Å²) in [5, 5.41) is 3.75. The third kappa shape index (κ3) is 3.88. The molecule has 1 aromatic heterocycles. The highest BCUT2D eigenvalue weighted by atomic mass is 32.2. The number of amides is 1. The predicted molar refractivity (Wildman–Crippen MR) is 104 cm³/mol. The van der Waals surface area contributed by atoms with Gasteiger partial charge in [-0.05, 0) is 47.9 Å². The van der Waals surface area contributed by atoms with Crippen LogP contribution in [0.5, 0.6) is 0 Å². The first-order valence-electron chi connectivity index (χ1n) is 8.17. The van der Waals surface area contributed by atoms with Gasteiger partial charge in [0, 0.05) is 28.5 Å². The maximum atomic E-state index is 12.6. The molecule has 1 heterocycles. The van der Waals surface area contributed by atoms with Gasteiger partial charge in [-0.1, -0.05) is 26.8 Å². The Morgan fingerprint density at radius 3 is 2.27 bits per heavy atom. The Morgan fingerprint density at radius 2 is 1.62 bits per heavy atom. The minimum Gasteiger partial charge on any atom is -0.361 e. The number of aromatic nitrogens is 1. The molecule has 0 atom stereocenters. The first-order chi connectivity index (χ1) is 12.1. The van der Waals surface area contributed by atoms with Gasteiger partial charge in [0.05, 0.1) is 4.90 Å². The molecule has 1 amide bonds. The summed E-state index contributed by atoms with van der Waals surface area (Å²) >= 11 is 0. The summed E-state index contributed by atoms with van der Waals surface area (Å²) < 4.78 is 27.7. The number of rotatable bonds is 4. The van der Waals surface area contributed by atoms with Crippen LogP contribution in [0.1, 0.15) is 20.8 Å². The summed E-state index contributed by atoms with van der Waals surface area (Å²) in [5.74, 6) is -0.106. The third-order valence-corrected chi connectivity index (χ3v) is 5.29. The van der Waals surface area contributed by atoms with Crippen molar-refractivity contribution in [3.05, 3.63) is 54.7 Å². The topological polar surface area (TPSA) is 91.1 Å². The maximum absolute atomic E-state index is 12.6. The van der Waals surface area contributed by atoms with Gasteiger partial charge in [0.2, 0.25) is 5.91 Å². The van der Waals surface area contributed by atoms with Gasteiger partial charge >= 0.3 is 0 Å². The van der Waals surface area contributed by atoms with E-state index in [0.29, 0.717) is 11.4 Å². The molecule has 3 rings (SSSR count). The van der Waals surface area contributed by atoms with E-state index in [-0.39, 0.29) is 10.8 Å². The first kappa shape index (κ1) is 18.0. The van der Waals surface area contributed by atoms with E-state index >= 15 is 0 Å². The van der Waals surface area contributed by atoms with Gasteiger partial charge < -0.3 is 10.3 Å². The van der Waals surface area contributed by atoms with Crippen molar-refractivity contribution in [3.8, 4) is 0 Å². The van der Waals surface area contributed by atoms with Gasteiger partial charge in [0.25, 0.3) is 10.0 Å². The molecule has 0 aliphatic rings. The zero-order chi connectivity index (χ0) is 18.9. The quantitative estimate of drug-likeness (QED) is 0.648. The molecule has 0 aliphatic carbocycles. The maximum Gasteiger partial charge on any atom is 0.261 e. The Balaban J connectivity index is 1.76. The Kier molecular flexibility index (Phi) is 4.50. The fourth-order valence-corrected chi connectivity index (χ4v) is 3.43. The SMILES string of the molecule is CC(C)(C)C(=O)Nc1ccc(NS(=O)(=O)c2ccc3cc[nH]c3c2)cc1. The number of benzene rings is 2. The summed E-state index contributed by atoms with van der Waals surface area (Å²) in [5.41, 5.74) is 1.29. The number of carbonyl (C=O) groups is 1. The number of H-pyrrole nitrogens is 1. The second kappa shape index (κ2) is 6.49. The van der Waals surface area contributed by atoms with Crippen molar-refractivity contribution in [1.29, 1.82) is 0 Å². The molecule has 3 aromatic rings. The Labute approximate surface area is 152 Å². The van der Waals surface area contributed by atoms with Crippen molar-refractivity contribution in [3.63, 3.8) is 0 Å². The van der Waals surface area contributed by atoms with Gasteiger partial charge in [0.1, 0.15) is 0 Å². The summed E-state index contributed by atoms with van der Waals surface area (Å²) in [6, 6.07) is 13.3. The van der Waals surface area contributed by atoms with Crippen LogP contribution in [0.15, 0.2) is 59.6 Å². The number of anilines is 2. The summed E-state index contributed by atoms with van der Waals surface area (Å²) in [6.45, 7) is 5.48. The molecule has 26 heavy (non-hydrogen) atoms. The Morgan fingerprint density at radius 1 is 0.962 bits per heavy atom. The van der Waals surface area contributed by atoms with E-state index in [4.69, 9.17) is 0 Å². The Hall–Kier alpha value is -2.80. The van der Waals surface area contributed by atoms with Gasteiger partial charge in [-0.15, -0.1) is 0 Å². The standard InChI is InChI=1S/C19H21N3O3S/c1-19(2,3)18(23)21-14-5-7-15(8-6-14)22-26(24,25)16-9-4-13-10-11-20-17(13)12-16/h4-12,20,22H,1-3H3,(H,21,23). The van der Waals surface area contributed by atoms with Gasteiger partial charge in [-0.2, -0.15) is 0 Å². The number of aromatic amines is 1. The predicted octanol–water partition coefficient (Wildman–Crippen LogP) is 3.95. The van der Waals surface area contributed by atoms with Gasteiger partial charge in [-0.25, -0.2) is 8.42 Å². The van der Waals surface area contributed by atoms with E-state index in [9.17, 15) is 13.2 Å². The van der Waals surface area contributed by atoms with Crippen molar-refractivity contribution in [2.24, 2.45) is 5.41 Å². The van der Waals surface area contributed by atoms with Crippen LogP contribution in [-0.2, 0) is 14.8 Å². The second-order valence-electron chi connectivity index (χ2n) is 7.11. The van der Waals surface area contributed by atoms with E-state index in [1.54, 1.807) is 48.7 Å². The average Bonchev–Trinajstić information content (AvgIpc) is 3.03. The molecule has 0 radical (unpaired) electrons. The van der Waals surface area contributed by atoms with Crippen LogP contribution in [0.25, 0.3) is 10.9 Å². The van der Waals surface area contributed by atoms with Gasteiger partial charge in [-0.3, -0.25) is 9.52 Å². The van der Waals surface area contributed by atoms with Crippen LogP contribution in [0.4, 0.5) is 11.4 Å². The largest absolute Gasteiger partial charge is 0.361 e. The fourth-order valence-electron chi connectivity index (χ4n) is 2.35. The van der Waals surface area contributed by atoms with Crippen molar-refractivity contribution >= 4 is 38.2 Å². The van der Waals surface area contributed by atoms with E-state index in [1.165, 1.54) is 0 Å². The number of nitrogens with one attached hydrogen (secondary N) is 3. The molecule has 0 bridgehead atoms.